The van der Waals surface area contributed by atoms with Crippen molar-refractivity contribution in [3.05, 3.63) is 113 Å². The van der Waals surface area contributed by atoms with Gasteiger partial charge < -0.3 is 4.90 Å². The Bertz CT molecular complexity index is 1200. The number of aryl methyl sites for hydroxylation is 1. The fourth-order valence-corrected chi connectivity index (χ4v) is 4.66. The van der Waals surface area contributed by atoms with Gasteiger partial charge in [0.25, 0.3) is 0 Å². The van der Waals surface area contributed by atoms with E-state index < -0.39 is 0 Å². The van der Waals surface area contributed by atoms with Gasteiger partial charge in [-0.25, -0.2) is 4.79 Å². The number of piperazine rings is 1. The van der Waals surface area contributed by atoms with Gasteiger partial charge in [-0.1, -0.05) is 83.9 Å². The van der Waals surface area contributed by atoms with E-state index in [1.54, 1.807) is 6.20 Å². The number of hydrogen-bond donors (Lipinski definition) is 0. The van der Waals surface area contributed by atoms with Gasteiger partial charge in [-0.3, -0.25) is 4.90 Å². The van der Waals surface area contributed by atoms with Crippen LogP contribution in [0.2, 0.25) is 5.02 Å². The molecule has 0 radical (unpaired) electrons. The largest absolute Gasteiger partial charge is 0.344 e. The SMILES string of the molecule is Cc1ccc(C(c2ccc(Cl)cc2)N2CCN(C(=O)n3cc(-c4ccccc4)cn3)CC2)cc1. The summed E-state index contributed by atoms with van der Waals surface area (Å²) in [6.45, 7) is 4.95. The van der Waals surface area contributed by atoms with Crippen LogP contribution in [0.5, 0.6) is 0 Å². The van der Waals surface area contributed by atoms with Crippen molar-refractivity contribution in [3.8, 4) is 11.1 Å². The van der Waals surface area contributed by atoms with E-state index in [4.69, 9.17) is 11.6 Å². The van der Waals surface area contributed by atoms with Gasteiger partial charge in [-0.2, -0.15) is 9.78 Å². The van der Waals surface area contributed by atoms with Crippen LogP contribution in [-0.2, 0) is 0 Å². The second-order valence-corrected chi connectivity index (χ2v) is 9.15. The average Bonchev–Trinajstić information content (AvgIpc) is 3.37. The summed E-state index contributed by atoms with van der Waals surface area (Å²) in [5.74, 6) is 0. The first-order valence-corrected chi connectivity index (χ1v) is 11.9. The van der Waals surface area contributed by atoms with Crippen LogP contribution in [0.3, 0.4) is 0 Å². The van der Waals surface area contributed by atoms with Crippen LogP contribution in [0.15, 0.2) is 91.3 Å². The molecule has 1 aliphatic heterocycles. The zero-order valence-electron chi connectivity index (χ0n) is 19.1. The summed E-state index contributed by atoms with van der Waals surface area (Å²) >= 11 is 6.16. The number of halogens is 1. The molecule has 1 aromatic heterocycles. The monoisotopic (exact) mass is 470 g/mol. The Hall–Kier alpha value is -3.41. The van der Waals surface area contributed by atoms with Gasteiger partial charge in [0, 0.05) is 43.0 Å². The van der Waals surface area contributed by atoms with Gasteiger partial charge in [0.05, 0.1) is 12.2 Å². The summed E-state index contributed by atoms with van der Waals surface area (Å²) in [5, 5.41) is 5.07. The van der Waals surface area contributed by atoms with Crippen molar-refractivity contribution in [2.75, 3.05) is 26.2 Å². The molecule has 5 nitrogen and oxygen atoms in total. The van der Waals surface area contributed by atoms with Crippen molar-refractivity contribution >= 4 is 17.6 Å². The maximum absolute atomic E-state index is 13.1. The first-order valence-electron chi connectivity index (χ1n) is 11.5. The highest BCUT2D eigenvalue weighted by atomic mass is 35.5. The maximum Gasteiger partial charge on any atom is 0.344 e. The fourth-order valence-electron chi connectivity index (χ4n) is 4.53. The molecule has 1 saturated heterocycles. The normalized spacial score (nSPS) is 15.3. The Morgan fingerprint density at radius 3 is 2.09 bits per heavy atom. The molecule has 34 heavy (non-hydrogen) atoms. The van der Waals surface area contributed by atoms with Crippen molar-refractivity contribution in [1.82, 2.24) is 19.6 Å². The van der Waals surface area contributed by atoms with Crippen LogP contribution in [0, 0.1) is 6.92 Å². The van der Waals surface area contributed by atoms with Gasteiger partial charge in [-0.05, 0) is 35.7 Å². The molecule has 6 heteroatoms. The van der Waals surface area contributed by atoms with Crippen LogP contribution >= 0.6 is 11.6 Å². The summed E-state index contributed by atoms with van der Waals surface area (Å²) in [6.07, 6.45) is 3.56. The predicted octanol–water partition coefficient (Wildman–Crippen LogP) is 5.89. The van der Waals surface area contributed by atoms with Crippen LogP contribution in [-0.4, -0.2) is 51.8 Å². The Morgan fingerprint density at radius 1 is 0.824 bits per heavy atom. The van der Waals surface area contributed by atoms with Crippen molar-refractivity contribution < 1.29 is 4.79 Å². The minimum atomic E-state index is -0.0831. The highest BCUT2D eigenvalue weighted by molar-refractivity contribution is 6.30. The predicted molar refractivity (Wildman–Crippen MR) is 136 cm³/mol. The lowest BCUT2D eigenvalue weighted by Gasteiger charge is -2.39. The molecule has 1 fully saturated rings. The molecule has 172 valence electrons. The molecule has 0 spiro atoms. The number of aromatic nitrogens is 2. The molecular weight excluding hydrogens is 444 g/mol. The lowest BCUT2D eigenvalue weighted by molar-refractivity contribution is 0.119. The molecular formula is C28H27ClN4O. The lowest BCUT2D eigenvalue weighted by atomic mass is 9.95. The fraction of sp³-hybridized carbons (Fsp3) is 0.214. The first-order chi connectivity index (χ1) is 16.6. The average molecular weight is 471 g/mol. The smallest absolute Gasteiger partial charge is 0.320 e. The number of rotatable bonds is 4. The molecule has 1 unspecified atom stereocenters. The summed E-state index contributed by atoms with van der Waals surface area (Å²) in [5.41, 5.74) is 5.67. The second-order valence-electron chi connectivity index (χ2n) is 8.71. The molecule has 0 aliphatic carbocycles. The van der Waals surface area contributed by atoms with Crippen LogP contribution < -0.4 is 0 Å². The quantitative estimate of drug-likeness (QED) is 0.373. The van der Waals surface area contributed by atoms with Gasteiger partial charge >= 0.3 is 6.03 Å². The molecule has 3 aromatic carbocycles. The van der Waals surface area contributed by atoms with E-state index in [0.29, 0.717) is 13.1 Å². The van der Waals surface area contributed by atoms with Crippen LogP contribution in [0.1, 0.15) is 22.7 Å². The molecule has 1 amide bonds. The van der Waals surface area contributed by atoms with E-state index in [0.717, 1.165) is 29.2 Å². The van der Waals surface area contributed by atoms with Crippen molar-refractivity contribution in [3.63, 3.8) is 0 Å². The Balaban J connectivity index is 1.31. The summed E-state index contributed by atoms with van der Waals surface area (Å²) in [4.78, 5) is 17.5. The standard InChI is InChI=1S/C28H27ClN4O/c1-21-7-9-23(10-8-21)27(24-11-13-26(29)14-12-24)31-15-17-32(18-16-31)28(34)33-20-25(19-30-33)22-5-3-2-4-6-22/h2-14,19-20,27H,15-18H2,1H3. The minimum absolute atomic E-state index is 0.0831. The van der Waals surface area contributed by atoms with Gasteiger partial charge in [0.2, 0.25) is 0 Å². The van der Waals surface area contributed by atoms with Crippen molar-refractivity contribution in [2.45, 2.75) is 13.0 Å². The van der Waals surface area contributed by atoms with Crippen molar-refractivity contribution in [2.24, 2.45) is 0 Å². The topological polar surface area (TPSA) is 41.4 Å². The van der Waals surface area contributed by atoms with Gasteiger partial charge in [0.1, 0.15) is 0 Å². The highest BCUT2D eigenvalue weighted by Gasteiger charge is 2.29. The molecule has 1 atom stereocenters. The third-order valence-corrected chi connectivity index (χ3v) is 6.67. The number of carbonyl (C=O) groups is 1. The molecule has 2 heterocycles. The Kier molecular flexibility index (Phi) is 6.48. The molecule has 0 bridgehead atoms. The molecule has 0 N–H and O–H groups in total. The molecule has 0 saturated carbocycles. The van der Waals surface area contributed by atoms with E-state index in [-0.39, 0.29) is 12.1 Å². The third-order valence-electron chi connectivity index (χ3n) is 6.41. The zero-order valence-corrected chi connectivity index (χ0v) is 19.9. The van der Waals surface area contributed by atoms with E-state index in [1.807, 2.05) is 53.6 Å². The second kappa shape index (κ2) is 9.84. The van der Waals surface area contributed by atoms with E-state index >= 15 is 0 Å². The summed E-state index contributed by atoms with van der Waals surface area (Å²) in [7, 11) is 0. The summed E-state index contributed by atoms with van der Waals surface area (Å²) < 4.78 is 1.45. The number of carbonyl (C=O) groups excluding carboxylic acids is 1. The first kappa shape index (κ1) is 22.4. The molecule has 5 rings (SSSR count). The van der Waals surface area contributed by atoms with E-state index in [1.165, 1.54) is 21.4 Å². The van der Waals surface area contributed by atoms with E-state index in [2.05, 4.69) is 53.3 Å². The minimum Gasteiger partial charge on any atom is -0.320 e. The van der Waals surface area contributed by atoms with Crippen molar-refractivity contribution in [1.29, 1.82) is 0 Å². The zero-order chi connectivity index (χ0) is 23.5. The van der Waals surface area contributed by atoms with Gasteiger partial charge in [-0.15, -0.1) is 0 Å². The van der Waals surface area contributed by atoms with Gasteiger partial charge in [0.15, 0.2) is 0 Å². The highest BCUT2D eigenvalue weighted by Crippen LogP contribution is 2.31. The van der Waals surface area contributed by atoms with Crippen LogP contribution in [0.25, 0.3) is 11.1 Å². The Morgan fingerprint density at radius 2 is 1.44 bits per heavy atom. The number of benzene rings is 3. The number of nitrogens with zero attached hydrogens (tertiary/aromatic N) is 4. The van der Waals surface area contributed by atoms with Crippen LogP contribution in [0.4, 0.5) is 4.79 Å². The maximum atomic E-state index is 13.1. The summed E-state index contributed by atoms with van der Waals surface area (Å²) in [6, 6.07) is 26.8. The molecule has 1 aliphatic rings. The lowest BCUT2D eigenvalue weighted by Crippen LogP contribution is -2.51. The van der Waals surface area contributed by atoms with E-state index in [9.17, 15) is 4.79 Å². The third kappa shape index (κ3) is 4.76. The molecule has 4 aromatic rings. The number of hydrogen-bond acceptors (Lipinski definition) is 3. The number of amides is 1. The Labute approximate surface area is 205 Å².